The second kappa shape index (κ2) is 7.77. The number of para-hydroxylation sites is 1. The van der Waals surface area contributed by atoms with Gasteiger partial charge in [0, 0.05) is 35.6 Å². The molecule has 4 rings (SSSR count). The van der Waals surface area contributed by atoms with Crippen molar-refractivity contribution in [3.05, 3.63) is 41.5 Å². The third-order valence-corrected chi connectivity index (χ3v) is 5.32. The fourth-order valence-corrected chi connectivity index (χ4v) is 4.03. The van der Waals surface area contributed by atoms with E-state index in [0.29, 0.717) is 29.5 Å². The van der Waals surface area contributed by atoms with Gasteiger partial charge in [0.2, 0.25) is 6.79 Å². The first kappa shape index (κ1) is 18.7. The van der Waals surface area contributed by atoms with Crippen molar-refractivity contribution in [2.75, 3.05) is 34.2 Å². The maximum absolute atomic E-state index is 9.25. The van der Waals surface area contributed by atoms with E-state index in [2.05, 4.69) is 12.2 Å². The van der Waals surface area contributed by atoms with Gasteiger partial charge in [0.15, 0.2) is 29.2 Å². The number of benzene rings is 2. The van der Waals surface area contributed by atoms with Crippen molar-refractivity contribution in [2.24, 2.45) is 5.92 Å². The standard InChI is InChI=1S/C21H25NO6/c1-12-19(13-5-4-6-15(24-2)20(13)25-3)14-9-17-18(27-11-26-17)10-16(14)28-21(12)22-7-8-23/h4-6,9-10,12,19,21-23H,7-8,11H2,1-3H3/t12-,19+,21-/m0/s1. The number of ether oxygens (including phenoxy) is 5. The molecule has 7 heteroatoms. The number of nitrogens with one attached hydrogen (secondary N) is 1. The second-order valence-corrected chi connectivity index (χ2v) is 6.88. The second-order valence-electron chi connectivity index (χ2n) is 6.88. The minimum atomic E-state index is -0.277. The summed E-state index contributed by atoms with van der Waals surface area (Å²) < 4.78 is 28.6. The van der Waals surface area contributed by atoms with Gasteiger partial charge >= 0.3 is 0 Å². The van der Waals surface area contributed by atoms with Gasteiger partial charge in [-0.1, -0.05) is 19.1 Å². The average Bonchev–Trinajstić information content (AvgIpc) is 3.17. The van der Waals surface area contributed by atoms with Gasteiger partial charge in [0.25, 0.3) is 0 Å². The van der Waals surface area contributed by atoms with Crippen molar-refractivity contribution >= 4 is 0 Å². The Morgan fingerprint density at radius 1 is 1.07 bits per heavy atom. The maximum atomic E-state index is 9.25. The molecule has 2 aliphatic heterocycles. The number of hydrogen-bond donors (Lipinski definition) is 2. The smallest absolute Gasteiger partial charge is 0.231 e. The highest BCUT2D eigenvalue weighted by Gasteiger charge is 2.39. The molecule has 0 unspecified atom stereocenters. The Bertz CT molecular complexity index is 855. The molecule has 3 atom stereocenters. The van der Waals surface area contributed by atoms with Crippen molar-refractivity contribution in [3.63, 3.8) is 0 Å². The van der Waals surface area contributed by atoms with Gasteiger partial charge in [-0.3, -0.25) is 5.32 Å². The summed E-state index contributed by atoms with van der Waals surface area (Å²) in [6.45, 7) is 2.80. The molecule has 2 heterocycles. The monoisotopic (exact) mass is 387 g/mol. The summed E-state index contributed by atoms with van der Waals surface area (Å²) in [5.41, 5.74) is 2.01. The van der Waals surface area contributed by atoms with Gasteiger partial charge in [0.05, 0.1) is 20.8 Å². The van der Waals surface area contributed by atoms with Crippen LogP contribution in [0, 0.1) is 5.92 Å². The molecule has 0 spiro atoms. The lowest BCUT2D eigenvalue weighted by Gasteiger charge is -2.39. The number of hydrogen-bond acceptors (Lipinski definition) is 7. The highest BCUT2D eigenvalue weighted by atomic mass is 16.7. The lowest BCUT2D eigenvalue weighted by Crippen LogP contribution is -2.46. The normalized spacial score (nSPS) is 22.4. The Morgan fingerprint density at radius 2 is 1.86 bits per heavy atom. The average molecular weight is 387 g/mol. The first-order valence-corrected chi connectivity index (χ1v) is 9.33. The predicted molar refractivity (Wildman–Crippen MR) is 103 cm³/mol. The first-order valence-electron chi connectivity index (χ1n) is 9.33. The van der Waals surface area contributed by atoms with Crippen molar-refractivity contribution in [2.45, 2.75) is 19.1 Å². The van der Waals surface area contributed by atoms with E-state index >= 15 is 0 Å². The molecular weight excluding hydrogens is 362 g/mol. The van der Waals surface area contributed by atoms with Crippen molar-refractivity contribution in [1.29, 1.82) is 0 Å². The van der Waals surface area contributed by atoms with Gasteiger partial charge in [-0.2, -0.15) is 0 Å². The molecule has 7 nitrogen and oxygen atoms in total. The third-order valence-electron chi connectivity index (χ3n) is 5.32. The largest absolute Gasteiger partial charge is 0.493 e. The zero-order chi connectivity index (χ0) is 19.7. The summed E-state index contributed by atoms with van der Waals surface area (Å²) in [6, 6.07) is 9.75. The Hall–Kier alpha value is -2.64. The molecule has 0 radical (unpaired) electrons. The van der Waals surface area contributed by atoms with Crippen molar-refractivity contribution in [1.82, 2.24) is 5.32 Å². The van der Waals surface area contributed by atoms with Crippen molar-refractivity contribution < 1.29 is 28.8 Å². The van der Waals surface area contributed by atoms with E-state index in [4.69, 9.17) is 23.7 Å². The Labute approximate surface area is 164 Å². The van der Waals surface area contributed by atoms with Gasteiger partial charge in [-0.25, -0.2) is 0 Å². The Morgan fingerprint density at radius 3 is 2.57 bits per heavy atom. The molecule has 0 saturated heterocycles. The van der Waals surface area contributed by atoms with E-state index in [-0.39, 0.29) is 31.5 Å². The first-order chi connectivity index (χ1) is 13.7. The third kappa shape index (κ3) is 3.10. The number of methoxy groups -OCH3 is 2. The summed E-state index contributed by atoms with van der Waals surface area (Å²) >= 11 is 0. The van der Waals surface area contributed by atoms with Crippen LogP contribution in [-0.2, 0) is 0 Å². The zero-order valence-corrected chi connectivity index (χ0v) is 16.2. The maximum Gasteiger partial charge on any atom is 0.231 e. The van der Waals surface area contributed by atoms with Crippen LogP contribution in [0.5, 0.6) is 28.7 Å². The molecule has 28 heavy (non-hydrogen) atoms. The molecule has 2 N–H and O–H groups in total. The Kier molecular flexibility index (Phi) is 5.19. The molecule has 2 aromatic rings. The fourth-order valence-electron chi connectivity index (χ4n) is 4.03. The lowest BCUT2D eigenvalue weighted by atomic mass is 9.78. The van der Waals surface area contributed by atoms with Crippen LogP contribution in [0.4, 0.5) is 0 Å². The van der Waals surface area contributed by atoms with Crippen LogP contribution in [0.25, 0.3) is 0 Å². The molecule has 0 aromatic heterocycles. The molecule has 0 amide bonds. The molecular formula is C21H25NO6. The molecule has 0 fully saturated rings. The summed E-state index contributed by atoms with van der Waals surface area (Å²) in [4.78, 5) is 0. The van der Waals surface area contributed by atoms with E-state index in [1.54, 1.807) is 14.2 Å². The van der Waals surface area contributed by atoms with Crippen LogP contribution in [-0.4, -0.2) is 45.5 Å². The van der Waals surface area contributed by atoms with E-state index in [1.165, 1.54) is 0 Å². The predicted octanol–water partition coefficient (Wildman–Crippen LogP) is 2.50. The summed E-state index contributed by atoms with van der Waals surface area (Å²) in [5.74, 6) is 3.52. The minimum Gasteiger partial charge on any atom is -0.493 e. The SMILES string of the molecule is COc1cccc([C@@H]2c3cc4c(cc3O[C@H](NCCO)[C@H]2C)OCO4)c1OC. The van der Waals surface area contributed by atoms with Gasteiger partial charge < -0.3 is 28.8 Å². The van der Waals surface area contributed by atoms with Crippen LogP contribution in [0.3, 0.4) is 0 Å². The zero-order valence-electron chi connectivity index (χ0n) is 16.2. The summed E-state index contributed by atoms with van der Waals surface area (Å²) in [7, 11) is 3.28. The van der Waals surface area contributed by atoms with E-state index < -0.39 is 0 Å². The van der Waals surface area contributed by atoms with E-state index in [1.807, 2.05) is 30.3 Å². The highest BCUT2D eigenvalue weighted by molar-refractivity contribution is 5.59. The summed E-state index contributed by atoms with van der Waals surface area (Å²) in [5, 5.41) is 12.5. The van der Waals surface area contributed by atoms with Gasteiger partial charge in [0.1, 0.15) is 5.75 Å². The Balaban J connectivity index is 1.85. The molecule has 0 aliphatic carbocycles. The van der Waals surface area contributed by atoms with Crippen LogP contribution < -0.4 is 29.0 Å². The van der Waals surface area contributed by atoms with Crippen LogP contribution >= 0.6 is 0 Å². The van der Waals surface area contributed by atoms with E-state index in [9.17, 15) is 5.11 Å². The van der Waals surface area contributed by atoms with Crippen molar-refractivity contribution in [3.8, 4) is 28.7 Å². The van der Waals surface area contributed by atoms with Crippen LogP contribution in [0.15, 0.2) is 30.3 Å². The van der Waals surface area contributed by atoms with E-state index in [0.717, 1.165) is 16.9 Å². The lowest BCUT2D eigenvalue weighted by molar-refractivity contribution is 0.0737. The quantitative estimate of drug-likeness (QED) is 0.788. The highest BCUT2D eigenvalue weighted by Crippen LogP contribution is 2.51. The molecule has 2 aromatic carbocycles. The number of aliphatic hydroxyl groups is 1. The fraction of sp³-hybridized carbons (Fsp3) is 0.429. The van der Waals surface area contributed by atoms with Crippen LogP contribution in [0.1, 0.15) is 24.0 Å². The topological polar surface area (TPSA) is 78.4 Å². The van der Waals surface area contributed by atoms with Gasteiger partial charge in [-0.05, 0) is 12.1 Å². The molecule has 2 aliphatic rings. The molecule has 0 bridgehead atoms. The van der Waals surface area contributed by atoms with Crippen LogP contribution in [0.2, 0.25) is 0 Å². The van der Waals surface area contributed by atoms with Gasteiger partial charge in [-0.15, -0.1) is 0 Å². The molecule has 150 valence electrons. The number of rotatable bonds is 6. The summed E-state index contributed by atoms with van der Waals surface area (Å²) in [6.07, 6.45) is -0.277. The molecule has 0 saturated carbocycles. The number of aliphatic hydroxyl groups excluding tert-OH is 1. The minimum absolute atomic E-state index is 0.0282. The number of fused-ring (bicyclic) bond motifs is 2.